The molecule has 3 rings (SSSR count). The summed E-state index contributed by atoms with van der Waals surface area (Å²) < 4.78 is 1.05. The van der Waals surface area contributed by atoms with E-state index in [1.807, 2.05) is 12.1 Å². The summed E-state index contributed by atoms with van der Waals surface area (Å²) in [5.41, 5.74) is 0.790. The van der Waals surface area contributed by atoms with E-state index >= 15 is 0 Å². The van der Waals surface area contributed by atoms with Gasteiger partial charge in [-0.1, -0.05) is 40.9 Å². The summed E-state index contributed by atoms with van der Waals surface area (Å²) in [4.78, 5) is 13.0. The van der Waals surface area contributed by atoms with Gasteiger partial charge in [-0.25, -0.2) is 0 Å². The maximum absolute atomic E-state index is 13.0. The predicted octanol–water partition coefficient (Wildman–Crippen LogP) is 3.68. The lowest BCUT2D eigenvalue weighted by Crippen LogP contribution is -2.48. The summed E-state index contributed by atoms with van der Waals surface area (Å²) in [6.45, 7) is 0. The lowest BCUT2D eigenvalue weighted by Gasteiger charge is -2.33. The van der Waals surface area contributed by atoms with E-state index in [2.05, 4.69) is 33.4 Å². The van der Waals surface area contributed by atoms with Gasteiger partial charge in [0.1, 0.15) is 0 Å². The Kier molecular flexibility index (Phi) is 4.88. The highest BCUT2D eigenvalue weighted by Crippen LogP contribution is 2.42. The van der Waals surface area contributed by atoms with Crippen LogP contribution in [0.5, 0.6) is 0 Å². The highest BCUT2D eigenvalue weighted by Gasteiger charge is 2.43. The molecule has 2 saturated carbocycles. The van der Waals surface area contributed by atoms with E-state index in [1.165, 1.54) is 0 Å². The highest BCUT2D eigenvalue weighted by molar-refractivity contribution is 9.10. The Morgan fingerprint density at radius 3 is 2.27 bits per heavy atom. The van der Waals surface area contributed by atoms with Crippen molar-refractivity contribution in [3.05, 3.63) is 34.3 Å². The molecule has 0 bridgehead atoms. The van der Waals surface area contributed by atoms with Gasteiger partial charge < -0.3 is 10.4 Å². The van der Waals surface area contributed by atoms with Crippen molar-refractivity contribution in [1.29, 1.82) is 0 Å². The van der Waals surface area contributed by atoms with Crippen molar-refractivity contribution in [1.82, 2.24) is 5.32 Å². The summed E-state index contributed by atoms with van der Waals surface area (Å²) in [6, 6.07) is 8.45. The number of halogens is 1. The van der Waals surface area contributed by atoms with Gasteiger partial charge in [0.15, 0.2) is 0 Å². The van der Waals surface area contributed by atoms with Crippen LogP contribution in [0.1, 0.15) is 56.9 Å². The molecule has 0 aromatic heterocycles. The van der Waals surface area contributed by atoms with E-state index in [0.29, 0.717) is 0 Å². The molecule has 3 nitrogen and oxygen atoms in total. The van der Waals surface area contributed by atoms with Gasteiger partial charge in [0, 0.05) is 10.5 Å². The number of aliphatic hydroxyl groups excluding tert-OH is 1. The van der Waals surface area contributed by atoms with E-state index < -0.39 is 0 Å². The number of hydrogen-bond donors (Lipinski definition) is 2. The number of carbonyl (C=O) groups excluding carboxylic acids is 1. The molecule has 2 fully saturated rings. The van der Waals surface area contributed by atoms with Gasteiger partial charge in [-0.3, -0.25) is 4.79 Å². The smallest absolute Gasteiger partial charge is 0.230 e. The molecular formula is C18H24BrNO2. The Balaban J connectivity index is 1.75. The van der Waals surface area contributed by atoms with Crippen LogP contribution in [0.4, 0.5) is 0 Å². The van der Waals surface area contributed by atoms with Gasteiger partial charge in [0.25, 0.3) is 0 Å². The Bertz CT molecular complexity index is 514. The predicted molar refractivity (Wildman–Crippen MR) is 90.7 cm³/mol. The van der Waals surface area contributed by atoms with Crippen molar-refractivity contribution in [2.24, 2.45) is 0 Å². The largest absolute Gasteiger partial charge is 0.393 e. The molecule has 0 atom stereocenters. The number of nitrogens with one attached hydrogen (secondary N) is 1. The molecule has 2 aliphatic rings. The zero-order valence-corrected chi connectivity index (χ0v) is 14.4. The Labute approximate surface area is 140 Å². The van der Waals surface area contributed by atoms with Crippen LogP contribution in [0.2, 0.25) is 0 Å². The first kappa shape index (κ1) is 16.0. The molecule has 2 aliphatic carbocycles. The van der Waals surface area contributed by atoms with Crippen LogP contribution in [0.25, 0.3) is 0 Å². The zero-order chi connectivity index (χ0) is 15.6. The number of rotatable bonds is 3. The van der Waals surface area contributed by atoms with Crippen LogP contribution < -0.4 is 5.32 Å². The van der Waals surface area contributed by atoms with E-state index in [-0.39, 0.29) is 23.5 Å². The van der Waals surface area contributed by atoms with Gasteiger partial charge in [-0.2, -0.15) is 0 Å². The molecular weight excluding hydrogens is 342 g/mol. The minimum Gasteiger partial charge on any atom is -0.393 e. The van der Waals surface area contributed by atoms with Gasteiger partial charge in [0.2, 0.25) is 5.91 Å². The van der Waals surface area contributed by atoms with Crippen molar-refractivity contribution in [2.75, 3.05) is 0 Å². The standard InChI is InChI=1S/C18H24BrNO2/c19-14-5-3-13(4-6-14)18(11-1-2-12-18)17(22)20-15-7-9-16(21)10-8-15/h3-6,15-16,21H,1-2,7-12H2,(H,20,22). The Hall–Kier alpha value is -0.870. The summed E-state index contributed by atoms with van der Waals surface area (Å²) in [5.74, 6) is 0.189. The number of benzene rings is 1. The zero-order valence-electron chi connectivity index (χ0n) is 12.9. The molecule has 0 heterocycles. The third-order valence-corrected chi connectivity index (χ3v) is 5.85. The van der Waals surface area contributed by atoms with Crippen LogP contribution in [0.3, 0.4) is 0 Å². The lowest BCUT2D eigenvalue weighted by molar-refractivity contribution is -0.127. The molecule has 0 aliphatic heterocycles. The van der Waals surface area contributed by atoms with Crippen LogP contribution in [-0.4, -0.2) is 23.2 Å². The number of aliphatic hydroxyl groups is 1. The molecule has 2 N–H and O–H groups in total. The quantitative estimate of drug-likeness (QED) is 0.858. The second-order valence-electron chi connectivity index (χ2n) is 6.78. The number of carbonyl (C=O) groups is 1. The third-order valence-electron chi connectivity index (χ3n) is 5.32. The molecule has 0 unspecified atom stereocenters. The van der Waals surface area contributed by atoms with Gasteiger partial charge >= 0.3 is 0 Å². The second kappa shape index (κ2) is 6.71. The van der Waals surface area contributed by atoms with Crippen LogP contribution in [0, 0.1) is 0 Å². The van der Waals surface area contributed by atoms with Crippen LogP contribution in [0.15, 0.2) is 28.7 Å². The van der Waals surface area contributed by atoms with Crippen molar-refractivity contribution < 1.29 is 9.90 Å². The first-order chi connectivity index (χ1) is 10.6. The first-order valence-electron chi connectivity index (χ1n) is 8.35. The van der Waals surface area contributed by atoms with Crippen molar-refractivity contribution >= 4 is 21.8 Å². The molecule has 0 spiro atoms. The van der Waals surface area contributed by atoms with Gasteiger partial charge in [-0.15, -0.1) is 0 Å². The molecule has 22 heavy (non-hydrogen) atoms. The lowest BCUT2D eigenvalue weighted by atomic mass is 9.77. The fourth-order valence-electron chi connectivity index (χ4n) is 3.94. The first-order valence-corrected chi connectivity index (χ1v) is 9.14. The third kappa shape index (κ3) is 3.23. The van der Waals surface area contributed by atoms with E-state index in [9.17, 15) is 9.90 Å². The SMILES string of the molecule is O=C(NC1CCC(O)CC1)C1(c2ccc(Br)cc2)CCCC1. The Morgan fingerprint density at radius 2 is 1.68 bits per heavy atom. The average molecular weight is 366 g/mol. The van der Waals surface area contributed by atoms with E-state index in [4.69, 9.17) is 0 Å². The summed E-state index contributed by atoms with van der Waals surface area (Å²) in [5, 5.41) is 12.9. The van der Waals surface area contributed by atoms with E-state index in [0.717, 1.165) is 61.4 Å². The summed E-state index contributed by atoms with van der Waals surface area (Å²) in [6.07, 6.45) is 7.32. The highest BCUT2D eigenvalue weighted by atomic mass is 79.9. The van der Waals surface area contributed by atoms with Crippen LogP contribution in [-0.2, 0) is 10.2 Å². The monoisotopic (exact) mass is 365 g/mol. The fourth-order valence-corrected chi connectivity index (χ4v) is 4.20. The Morgan fingerprint density at radius 1 is 1.09 bits per heavy atom. The number of hydrogen-bond acceptors (Lipinski definition) is 2. The van der Waals surface area contributed by atoms with Crippen molar-refractivity contribution in [2.45, 2.75) is 68.9 Å². The minimum absolute atomic E-state index is 0.180. The molecule has 1 aromatic carbocycles. The molecule has 120 valence electrons. The number of amides is 1. The van der Waals surface area contributed by atoms with Gasteiger partial charge in [0.05, 0.1) is 11.5 Å². The molecule has 1 amide bonds. The molecule has 4 heteroatoms. The van der Waals surface area contributed by atoms with Crippen LogP contribution >= 0.6 is 15.9 Å². The van der Waals surface area contributed by atoms with Crippen molar-refractivity contribution in [3.63, 3.8) is 0 Å². The van der Waals surface area contributed by atoms with E-state index in [1.54, 1.807) is 0 Å². The second-order valence-corrected chi connectivity index (χ2v) is 7.69. The molecule has 0 saturated heterocycles. The molecule has 0 radical (unpaired) electrons. The average Bonchev–Trinajstić information content (AvgIpc) is 3.01. The summed E-state index contributed by atoms with van der Waals surface area (Å²) in [7, 11) is 0. The van der Waals surface area contributed by atoms with Crippen molar-refractivity contribution in [3.8, 4) is 0 Å². The molecule has 1 aromatic rings. The van der Waals surface area contributed by atoms with Gasteiger partial charge in [-0.05, 0) is 56.2 Å². The fraction of sp³-hybridized carbons (Fsp3) is 0.611. The maximum Gasteiger partial charge on any atom is 0.230 e. The topological polar surface area (TPSA) is 49.3 Å². The summed E-state index contributed by atoms with van der Waals surface area (Å²) >= 11 is 3.47. The normalized spacial score (nSPS) is 27.5. The maximum atomic E-state index is 13.0. The minimum atomic E-state index is -0.350.